The molecule has 4 rings (SSSR count). The molecule has 3 aromatic rings. The second-order valence-corrected chi connectivity index (χ2v) is 7.56. The molecule has 0 radical (unpaired) electrons. The number of terminal acetylenes is 1. The first kappa shape index (κ1) is 20.9. The zero-order valence-electron chi connectivity index (χ0n) is 16.6. The first-order chi connectivity index (χ1) is 15.1. The van der Waals surface area contributed by atoms with Gasteiger partial charge in [0, 0.05) is 36.4 Å². The highest BCUT2D eigenvalue weighted by Gasteiger charge is 2.28. The summed E-state index contributed by atoms with van der Waals surface area (Å²) in [6, 6.07) is 1.59. The minimum atomic E-state index is -0.586. The maximum atomic E-state index is 14.4. The van der Waals surface area contributed by atoms with Crippen molar-refractivity contribution < 1.29 is 13.9 Å². The van der Waals surface area contributed by atoms with Crippen LogP contribution in [0.1, 0.15) is 19.3 Å². The summed E-state index contributed by atoms with van der Waals surface area (Å²) in [6.45, 7) is 0.805. The maximum Gasteiger partial charge on any atom is 0.411 e. The highest BCUT2D eigenvalue weighted by Crippen LogP contribution is 2.28. The molecule has 1 amide bonds. The molecule has 1 saturated heterocycles. The number of rotatable bonds is 5. The number of likely N-dealkylation sites (tertiary alicyclic amines) is 1. The Balaban J connectivity index is 1.53. The Hall–Kier alpha value is -3.38. The number of ether oxygens (including phenoxy) is 1. The first-order valence-corrected chi connectivity index (χ1v) is 10.2. The van der Waals surface area contributed by atoms with Crippen LogP contribution in [0.4, 0.5) is 15.0 Å². The lowest BCUT2D eigenvalue weighted by Crippen LogP contribution is -2.47. The molecule has 10 heteroatoms. The second-order valence-electron chi connectivity index (χ2n) is 7.12. The van der Waals surface area contributed by atoms with Gasteiger partial charge in [-0.1, -0.05) is 17.5 Å². The summed E-state index contributed by atoms with van der Waals surface area (Å²) in [6.07, 6.45) is 11.7. The van der Waals surface area contributed by atoms with E-state index in [-0.39, 0.29) is 18.5 Å². The van der Waals surface area contributed by atoms with Crippen molar-refractivity contribution in [2.24, 2.45) is 0 Å². The number of carbonyl (C=O) groups is 1. The summed E-state index contributed by atoms with van der Waals surface area (Å²) in [7, 11) is 0. The lowest BCUT2D eigenvalue weighted by Gasteiger charge is -2.34. The quantitative estimate of drug-likeness (QED) is 0.583. The summed E-state index contributed by atoms with van der Waals surface area (Å²) in [5, 5.41) is 4.23. The zero-order valence-corrected chi connectivity index (χ0v) is 17.3. The Labute approximate surface area is 183 Å². The van der Waals surface area contributed by atoms with Crippen LogP contribution in [0.25, 0.3) is 22.4 Å². The van der Waals surface area contributed by atoms with Crippen molar-refractivity contribution in [3.8, 4) is 23.7 Å². The van der Waals surface area contributed by atoms with Gasteiger partial charge in [0.15, 0.2) is 24.1 Å². The molecule has 4 heterocycles. The molecule has 1 fully saturated rings. The van der Waals surface area contributed by atoms with Crippen LogP contribution in [0.15, 0.2) is 24.7 Å². The number of carbonyl (C=O) groups excluding carboxylic acids is 1. The summed E-state index contributed by atoms with van der Waals surface area (Å²) in [5.41, 5.74) is 1.29. The normalized spacial score (nSPS) is 16.2. The molecule has 1 aliphatic heterocycles. The second kappa shape index (κ2) is 9.18. The Morgan fingerprint density at radius 2 is 2.29 bits per heavy atom. The fraction of sp³-hybridized carbons (Fsp3) is 0.333. The first-order valence-electron chi connectivity index (χ1n) is 9.83. The van der Waals surface area contributed by atoms with E-state index in [1.807, 2.05) is 0 Å². The van der Waals surface area contributed by atoms with E-state index in [2.05, 4.69) is 31.2 Å². The fourth-order valence-electron chi connectivity index (χ4n) is 3.64. The monoisotopic (exact) mass is 442 g/mol. The number of halogens is 2. The summed E-state index contributed by atoms with van der Waals surface area (Å²) >= 11 is 6.06. The van der Waals surface area contributed by atoms with Crippen molar-refractivity contribution in [1.29, 1.82) is 0 Å². The average molecular weight is 443 g/mol. The SMILES string of the molecule is C#CCOC(=O)N1CCCC[C@H]1CNc1nc(-c2c[nH]c3ncc(Cl)cc23)ncc1F. The molecule has 31 heavy (non-hydrogen) atoms. The zero-order chi connectivity index (χ0) is 21.8. The average Bonchev–Trinajstić information content (AvgIpc) is 3.20. The molecule has 0 saturated carbocycles. The molecule has 0 aromatic carbocycles. The number of aromatic nitrogens is 4. The number of fused-ring (bicyclic) bond motifs is 1. The number of pyridine rings is 1. The van der Waals surface area contributed by atoms with Gasteiger partial charge in [-0.25, -0.2) is 24.1 Å². The molecular weight excluding hydrogens is 423 g/mol. The molecule has 0 unspecified atom stereocenters. The third-order valence-electron chi connectivity index (χ3n) is 5.13. The number of piperidine rings is 1. The van der Waals surface area contributed by atoms with Gasteiger partial charge in [-0.05, 0) is 25.3 Å². The Bertz CT molecular complexity index is 1140. The largest absolute Gasteiger partial charge is 0.436 e. The van der Waals surface area contributed by atoms with Gasteiger partial charge in [0.25, 0.3) is 0 Å². The van der Waals surface area contributed by atoms with Crippen molar-refractivity contribution in [3.63, 3.8) is 0 Å². The number of nitrogens with one attached hydrogen (secondary N) is 2. The minimum absolute atomic E-state index is 0.0526. The van der Waals surface area contributed by atoms with Gasteiger partial charge in [0.05, 0.1) is 17.3 Å². The van der Waals surface area contributed by atoms with Crippen LogP contribution in [-0.4, -0.2) is 56.7 Å². The summed E-state index contributed by atoms with van der Waals surface area (Å²) in [4.78, 5) is 29.6. The smallest absolute Gasteiger partial charge is 0.411 e. The fourth-order valence-corrected chi connectivity index (χ4v) is 3.80. The Morgan fingerprint density at radius 3 is 3.13 bits per heavy atom. The van der Waals surface area contributed by atoms with E-state index in [1.54, 1.807) is 17.2 Å². The van der Waals surface area contributed by atoms with Crippen LogP contribution in [0.3, 0.4) is 0 Å². The molecular formula is C21H20ClFN6O2. The molecule has 8 nitrogen and oxygen atoms in total. The van der Waals surface area contributed by atoms with E-state index < -0.39 is 11.9 Å². The van der Waals surface area contributed by atoms with E-state index in [1.165, 1.54) is 6.20 Å². The van der Waals surface area contributed by atoms with Crippen molar-refractivity contribution in [1.82, 2.24) is 24.8 Å². The third kappa shape index (κ3) is 4.54. The van der Waals surface area contributed by atoms with E-state index in [0.717, 1.165) is 30.8 Å². The molecule has 0 aliphatic carbocycles. The van der Waals surface area contributed by atoms with Crippen LogP contribution in [0.5, 0.6) is 0 Å². The van der Waals surface area contributed by atoms with E-state index in [4.69, 9.17) is 22.8 Å². The number of hydrogen-bond donors (Lipinski definition) is 2. The highest BCUT2D eigenvalue weighted by molar-refractivity contribution is 6.31. The topological polar surface area (TPSA) is 96.0 Å². The van der Waals surface area contributed by atoms with Crippen molar-refractivity contribution >= 4 is 34.5 Å². The molecule has 3 aromatic heterocycles. The molecule has 160 valence electrons. The number of aromatic amines is 1. The molecule has 0 spiro atoms. The Morgan fingerprint density at radius 1 is 1.42 bits per heavy atom. The maximum absolute atomic E-state index is 14.4. The van der Waals surface area contributed by atoms with E-state index >= 15 is 0 Å². The van der Waals surface area contributed by atoms with Crippen molar-refractivity contribution in [2.45, 2.75) is 25.3 Å². The number of hydrogen-bond acceptors (Lipinski definition) is 6. The van der Waals surface area contributed by atoms with Crippen LogP contribution in [-0.2, 0) is 4.74 Å². The van der Waals surface area contributed by atoms with Gasteiger partial charge < -0.3 is 19.9 Å². The van der Waals surface area contributed by atoms with Gasteiger partial charge in [-0.2, -0.15) is 0 Å². The van der Waals surface area contributed by atoms with Crippen LogP contribution in [0, 0.1) is 18.2 Å². The predicted molar refractivity (Wildman–Crippen MR) is 115 cm³/mol. The van der Waals surface area contributed by atoms with Gasteiger partial charge in [0.1, 0.15) is 5.65 Å². The van der Waals surface area contributed by atoms with Crippen LogP contribution < -0.4 is 5.32 Å². The highest BCUT2D eigenvalue weighted by atomic mass is 35.5. The van der Waals surface area contributed by atoms with Crippen LogP contribution in [0.2, 0.25) is 5.02 Å². The number of H-pyrrole nitrogens is 1. The Kier molecular flexibility index (Phi) is 6.18. The van der Waals surface area contributed by atoms with Crippen LogP contribution >= 0.6 is 11.6 Å². The van der Waals surface area contributed by atoms with Crippen molar-refractivity contribution in [2.75, 3.05) is 25.0 Å². The van der Waals surface area contributed by atoms with Gasteiger partial charge in [-0.3, -0.25) is 0 Å². The number of anilines is 1. The van der Waals surface area contributed by atoms with Gasteiger partial charge in [0.2, 0.25) is 0 Å². The third-order valence-corrected chi connectivity index (χ3v) is 5.34. The van der Waals surface area contributed by atoms with E-state index in [9.17, 15) is 9.18 Å². The lowest BCUT2D eigenvalue weighted by molar-refractivity contribution is 0.0850. The molecule has 1 aliphatic rings. The van der Waals surface area contributed by atoms with Gasteiger partial charge in [-0.15, -0.1) is 6.42 Å². The predicted octanol–water partition coefficient (Wildman–Crippen LogP) is 3.85. The number of nitrogens with zero attached hydrogens (tertiary/aromatic N) is 4. The molecule has 1 atom stereocenters. The molecule has 0 bridgehead atoms. The number of amides is 1. The standard InChI is InChI=1S/C21H20ClFN6O2/c1-2-7-31-21(30)29-6-4-3-5-14(29)10-25-20-17(23)12-27-19(28-20)16-11-26-18-15(16)8-13(22)9-24-18/h1,8-9,11-12,14H,3-7,10H2,(H,24,26)(H,25,27,28)/t14-/m0/s1. The minimum Gasteiger partial charge on any atom is -0.436 e. The molecule has 2 N–H and O–H groups in total. The van der Waals surface area contributed by atoms with E-state index in [0.29, 0.717) is 35.1 Å². The summed E-state index contributed by atoms with van der Waals surface area (Å²) in [5.74, 6) is 2.08. The summed E-state index contributed by atoms with van der Waals surface area (Å²) < 4.78 is 19.5. The van der Waals surface area contributed by atoms with Crippen molar-refractivity contribution in [3.05, 3.63) is 35.5 Å². The van der Waals surface area contributed by atoms with Gasteiger partial charge >= 0.3 is 6.09 Å². The lowest BCUT2D eigenvalue weighted by atomic mass is 10.0.